The molecule has 1 fully saturated rings. The molecule has 0 saturated carbocycles. The molecule has 24 heavy (non-hydrogen) atoms. The van der Waals surface area contributed by atoms with Crippen LogP contribution in [0.3, 0.4) is 0 Å². The van der Waals surface area contributed by atoms with Gasteiger partial charge >= 0.3 is 5.97 Å². The zero-order chi connectivity index (χ0) is 17.7. The molecule has 0 spiro atoms. The van der Waals surface area contributed by atoms with Gasteiger partial charge in [0.15, 0.2) is 27.9 Å². The first-order chi connectivity index (χ1) is 11.3. The minimum Gasteiger partial charge on any atom is -0.490 e. The fourth-order valence-corrected chi connectivity index (χ4v) is 4.03. The molecule has 1 heterocycles. The highest BCUT2D eigenvalue weighted by molar-refractivity contribution is 7.91. The molecule has 1 amide bonds. The predicted octanol–water partition coefficient (Wildman–Crippen LogP) is 0.466. The van der Waals surface area contributed by atoms with Crippen molar-refractivity contribution in [2.75, 3.05) is 24.7 Å². The summed E-state index contributed by atoms with van der Waals surface area (Å²) in [7, 11) is -3.08. The third-order valence-electron chi connectivity index (χ3n) is 3.42. The van der Waals surface area contributed by atoms with Crippen molar-refractivity contribution in [3.63, 3.8) is 0 Å². The molecule has 1 unspecified atom stereocenters. The average molecular weight is 357 g/mol. The van der Waals surface area contributed by atoms with Gasteiger partial charge in [0.05, 0.1) is 18.1 Å². The highest BCUT2D eigenvalue weighted by atomic mass is 32.2. The van der Waals surface area contributed by atoms with E-state index in [1.807, 2.05) is 0 Å². The molecule has 1 aromatic rings. The molecule has 2 rings (SSSR count). The van der Waals surface area contributed by atoms with Crippen LogP contribution in [-0.2, 0) is 14.6 Å². The quantitative estimate of drug-likeness (QED) is 0.728. The van der Waals surface area contributed by atoms with Crippen LogP contribution in [0.5, 0.6) is 11.5 Å². The Hall–Kier alpha value is -2.29. The molecule has 1 aliphatic rings. The SMILES string of the molecule is CCOc1cc(C(=O)NC2CCS(=O)(=O)C2)ccc1OCC(=O)O. The zero-order valence-electron chi connectivity index (χ0n) is 13.1. The van der Waals surface area contributed by atoms with Crippen molar-refractivity contribution in [3.05, 3.63) is 23.8 Å². The minimum absolute atomic E-state index is 0.0587. The van der Waals surface area contributed by atoms with Crippen LogP contribution in [0.2, 0.25) is 0 Å². The van der Waals surface area contributed by atoms with Crippen LogP contribution in [0.1, 0.15) is 23.7 Å². The van der Waals surface area contributed by atoms with Crippen LogP contribution in [0.4, 0.5) is 0 Å². The van der Waals surface area contributed by atoms with E-state index < -0.39 is 34.4 Å². The van der Waals surface area contributed by atoms with Crippen molar-refractivity contribution < 1.29 is 32.6 Å². The second-order valence-corrected chi connectivity index (χ2v) is 7.58. The molecule has 1 aliphatic heterocycles. The molecular weight excluding hydrogens is 338 g/mol. The summed E-state index contributed by atoms with van der Waals surface area (Å²) < 4.78 is 33.3. The number of benzene rings is 1. The van der Waals surface area contributed by atoms with Gasteiger partial charge in [-0.1, -0.05) is 0 Å². The highest BCUT2D eigenvalue weighted by Crippen LogP contribution is 2.28. The molecule has 9 heteroatoms. The van der Waals surface area contributed by atoms with Gasteiger partial charge in [0, 0.05) is 11.6 Å². The average Bonchev–Trinajstić information content (AvgIpc) is 2.84. The maximum atomic E-state index is 12.2. The first-order valence-electron chi connectivity index (χ1n) is 7.43. The van der Waals surface area contributed by atoms with E-state index in [0.717, 1.165) is 0 Å². The molecular formula is C15H19NO7S. The van der Waals surface area contributed by atoms with Gasteiger partial charge in [-0.15, -0.1) is 0 Å². The molecule has 0 aromatic heterocycles. The van der Waals surface area contributed by atoms with Crippen LogP contribution >= 0.6 is 0 Å². The van der Waals surface area contributed by atoms with Gasteiger partial charge < -0.3 is 19.9 Å². The largest absolute Gasteiger partial charge is 0.490 e. The molecule has 8 nitrogen and oxygen atoms in total. The van der Waals surface area contributed by atoms with E-state index in [9.17, 15) is 18.0 Å². The van der Waals surface area contributed by atoms with Crippen LogP contribution in [-0.4, -0.2) is 56.2 Å². The summed E-state index contributed by atoms with van der Waals surface area (Å²) in [5.41, 5.74) is 0.283. The van der Waals surface area contributed by atoms with E-state index in [0.29, 0.717) is 13.0 Å². The lowest BCUT2D eigenvalue weighted by Crippen LogP contribution is -2.35. The number of hydrogen-bond donors (Lipinski definition) is 2. The molecule has 0 aliphatic carbocycles. The van der Waals surface area contributed by atoms with E-state index in [4.69, 9.17) is 14.6 Å². The number of hydrogen-bond acceptors (Lipinski definition) is 6. The minimum atomic E-state index is -3.08. The Labute approximate surface area is 139 Å². The number of carboxylic acids is 1. The third kappa shape index (κ3) is 4.85. The predicted molar refractivity (Wildman–Crippen MR) is 85.3 cm³/mol. The molecule has 132 valence electrons. The Balaban J connectivity index is 2.10. The number of carbonyl (C=O) groups is 2. The van der Waals surface area contributed by atoms with Crippen molar-refractivity contribution in [3.8, 4) is 11.5 Å². The van der Waals surface area contributed by atoms with E-state index in [1.165, 1.54) is 18.2 Å². The maximum absolute atomic E-state index is 12.2. The Morgan fingerprint density at radius 3 is 2.62 bits per heavy atom. The lowest BCUT2D eigenvalue weighted by atomic mass is 10.1. The van der Waals surface area contributed by atoms with Gasteiger partial charge in [0.25, 0.3) is 5.91 Å². The van der Waals surface area contributed by atoms with Gasteiger partial charge in [-0.25, -0.2) is 13.2 Å². The molecule has 0 bridgehead atoms. The summed E-state index contributed by atoms with van der Waals surface area (Å²) in [6, 6.07) is 3.97. The van der Waals surface area contributed by atoms with Crippen molar-refractivity contribution in [2.45, 2.75) is 19.4 Å². The van der Waals surface area contributed by atoms with Gasteiger partial charge in [0.2, 0.25) is 0 Å². The monoisotopic (exact) mass is 357 g/mol. The molecule has 2 N–H and O–H groups in total. The van der Waals surface area contributed by atoms with Gasteiger partial charge in [-0.05, 0) is 31.5 Å². The summed E-state index contributed by atoms with van der Waals surface area (Å²) in [6.07, 6.45) is 0.395. The fourth-order valence-electron chi connectivity index (χ4n) is 2.35. The summed E-state index contributed by atoms with van der Waals surface area (Å²) >= 11 is 0. The van der Waals surface area contributed by atoms with Crippen molar-refractivity contribution >= 4 is 21.7 Å². The first-order valence-corrected chi connectivity index (χ1v) is 9.25. The second kappa shape index (κ2) is 7.52. The van der Waals surface area contributed by atoms with Gasteiger partial charge in [-0.2, -0.15) is 0 Å². The number of carboxylic acid groups (broad SMARTS) is 1. The van der Waals surface area contributed by atoms with Crippen LogP contribution in [0, 0.1) is 0 Å². The van der Waals surface area contributed by atoms with Crippen molar-refractivity contribution in [1.29, 1.82) is 0 Å². The van der Waals surface area contributed by atoms with Crippen molar-refractivity contribution in [1.82, 2.24) is 5.32 Å². The number of aliphatic carboxylic acids is 1. The highest BCUT2D eigenvalue weighted by Gasteiger charge is 2.29. The summed E-state index contributed by atoms with van der Waals surface area (Å²) in [5.74, 6) is -1.05. The summed E-state index contributed by atoms with van der Waals surface area (Å²) in [4.78, 5) is 22.8. The van der Waals surface area contributed by atoms with E-state index in [1.54, 1.807) is 6.92 Å². The molecule has 1 atom stereocenters. The Bertz CT molecular complexity index is 729. The lowest BCUT2D eigenvalue weighted by molar-refractivity contribution is -0.139. The Kier molecular flexibility index (Phi) is 5.66. The van der Waals surface area contributed by atoms with E-state index >= 15 is 0 Å². The Morgan fingerprint density at radius 2 is 2.04 bits per heavy atom. The van der Waals surface area contributed by atoms with Crippen LogP contribution in [0.25, 0.3) is 0 Å². The van der Waals surface area contributed by atoms with Crippen LogP contribution < -0.4 is 14.8 Å². The Morgan fingerprint density at radius 1 is 1.29 bits per heavy atom. The third-order valence-corrected chi connectivity index (χ3v) is 5.19. The topological polar surface area (TPSA) is 119 Å². The standard InChI is InChI=1S/C15H19NO7S/c1-2-22-13-7-10(3-4-12(13)23-8-14(17)18)15(19)16-11-5-6-24(20,21)9-11/h3-4,7,11H,2,5-6,8-9H2,1H3,(H,16,19)(H,17,18). The number of carbonyl (C=O) groups excluding carboxylic acids is 1. The molecule has 1 saturated heterocycles. The number of nitrogens with one attached hydrogen (secondary N) is 1. The zero-order valence-corrected chi connectivity index (χ0v) is 14.0. The van der Waals surface area contributed by atoms with Crippen LogP contribution in [0.15, 0.2) is 18.2 Å². The number of rotatable bonds is 7. The summed E-state index contributed by atoms with van der Waals surface area (Å²) in [6.45, 7) is 1.54. The second-order valence-electron chi connectivity index (χ2n) is 5.35. The first kappa shape index (κ1) is 18.1. The molecule has 1 aromatic carbocycles. The summed E-state index contributed by atoms with van der Waals surface area (Å²) in [5, 5.41) is 11.3. The van der Waals surface area contributed by atoms with Gasteiger partial charge in [0.1, 0.15) is 0 Å². The normalized spacial score (nSPS) is 18.8. The maximum Gasteiger partial charge on any atom is 0.341 e. The van der Waals surface area contributed by atoms with E-state index in [2.05, 4.69) is 5.32 Å². The smallest absolute Gasteiger partial charge is 0.341 e. The van der Waals surface area contributed by atoms with E-state index in [-0.39, 0.29) is 28.6 Å². The van der Waals surface area contributed by atoms with Gasteiger partial charge in [-0.3, -0.25) is 4.79 Å². The van der Waals surface area contributed by atoms with Crippen molar-refractivity contribution in [2.24, 2.45) is 0 Å². The number of amides is 1. The fraction of sp³-hybridized carbons (Fsp3) is 0.467. The number of sulfone groups is 1. The molecule has 0 radical (unpaired) electrons. The lowest BCUT2D eigenvalue weighted by Gasteiger charge is -2.14. The number of ether oxygens (including phenoxy) is 2.